The number of nitrogens with one attached hydrogen (secondary N) is 2. The molecule has 2 fully saturated rings. The minimum atomic E-state index is -0.409. The third kappa shape index (κ3) is 3.82. The summed E-state index contributed by atoms with van der Waals surface area (Å²) in [7, 11) is 0. The average molecular weight is 365 g/mol. The van der Waals surface area contributed by atoms with Crippen molar-refractivity contribution < 1.29 is 4.79 Å². The Morgan fingerprint density at radius 3 is 2.85 bits per heavy atom. The van der Waals surface area contributed by atoms with E-state index in [0.717, 1.165) is 31.9 Å². The number of hydrogen-bond acceptors (Lipinski definition) is 5. The van der Waals surface area contributed by atoms with Gasteiger partial charge in [-0.25, -0.2) is 4.98 Å². The van der Waals surface area contributed by atoms with E-state index in [1.807, 2.05) is 6.07 Å². The summed E-state index contributed by atoms with van der Waals surface area (Å²) in [5.41, 5.74) is 15.5. The number of nitrogens with zero attached hydrogens (tertiary/aromatic N) is 2. The van der Waals surface area contributed by atoms with Crippen LogP contribution < -0.4 is 21.5 Å². The maximum absolute atomic E-state index is 11.5. The number of piperidine rings is 1. The Hall–Kier alpha value is -2.44. The fourth-order valence-electron chi connectivity index (χ4n) is 4.36. The number of carbonyl (C=O) groups excluding carboxylic acids is 1. The number of aryl methyl sites for hydroxylation is 1. The van der Waals surface area contributed by atoms with Crippen molar-refractivity contribution in [2.45, 2.75) is 31.7 Å². The Labute approximate surface area is 160 Å². The Morgan fingerprint density at radius 1 is 1.26 bits per heavy atom. The number of hydrazine groups is 1. The summed E-state index contributed by atoms with van der Waals surface area (Å²) in [5.74, 6) is 1.40. The Bertz CT molecular complexity index is 806. The van der Waals surface area contributed by atoms with E-state index in [2.05, 4.69) is 51.9 Å². The van der Waals surface area contributed by atoms with Crippen LogP contribution in [0.2, 0.25) is 0 Å². The maximum atomic E-state index is 11.5. The number of carbonyl (C=O) groups is 1. The minimum absolute atomic E-state index is 0.384. The first kappa shape index (κ1) is 17.9. The molecule has 0 spiro atoms. The maximum Gasteiger partial charge on any atom is 0.248 e. The number of nitrogens with two attached hydrogens (primary N) is 1. The number of primary amides is 1. The molecule has 6 nitrogen and oxygen atoms in total. The first-order valence-electron chi connectivity index (χ1n) is 9.67. The fraction of sp³-hybridized carbons (Fsp3) is 0.429. The third-order valence-electron chi connectivity index (χ3n) is 5.85. The predicted molar refractivity (Wildman–Crippen MR) is 107 cm³/mol. The lowest BCUT2D eigenvalue weighted by molar-refractivity contribution is 0.1000. The topological polar surface area (TPSA) is 83.3 Å². The van der Waals surface area contributed by atoms with E-state index < -0.39 is 5.91 Å². The molecule has 3 heterocycles. The molecule has 0 aliphatic carbocycles. The SMILES string of the molecule is Cc1ccc(C2CNNC2C2CCCN(c3cc(C(N)=O)ccn3)C2)cc1. The van der Waals surface area contributed by atoms with Gasteiger partial charge in [0.2, 0.25) is 5.91 Å². The number of amides is 1. The largest absolute Gasteiger partial charge is 0.366 e. The van der Waals surface area contributed by atoms with E-state index in [1.165, 1.54) is 17.5 Å². The van der Waals surface area contributed by atoms with Crippen LogP contribution in [-0.4, -0.2) is 36.6 Å². The molecule has 6 heteroatoms. The molecular weight excluding hydrogens is 338 g/mol. The number of rotatable bonds is 4. The molecule has 3 unspecified atom stereocenters. The van der Waals surface area contributed by atoms with Crippen molar-refractivity contribution in [3.8, 4) is 0 Å². The highest BCUT2D eigenvalue weighted by molar-refractivity contribution is 5.93. The smallest absolute Gasteiger partial charge is 0.248 e. The van der Waals surface area contributed by atoms with E-state index in [9.17, 15) is 4.79 Å². The molecule has 1 aromatic heterocycles. The number of benzene rings is 1. The van der Waals surface area contributed by atoms with Gasteiger partial charge in [-0.2, -0.15) is 0 Å². The highest BCUT2D eigenvalue weighted by Gasteiger charge is 2.37. The van der Waals surface area contributed by atoms with Crippen LogP contribution in [-0.2, 0) is 0 Å². The van der Waals surface area contributed by atoms with Crippen LogP contribution in [0, 0.1) is 12.8 Å². The van der Waals surface area contributed by atoms with Crippen LogP contribution in [0.5, 0.6) is 0 Å². The second-order valence-electron chi connectivity index (χ2n) is 7.68. The van der Waals surface area contributed by atoms with Gasteiger partial charge in [0.05, 0.1) is 0 Å². The van der Waals surface area contributed by atoms with Crippen molar-refractivity contribution in [1.82, 2.24) is 15.8 Å². The van der Waals surface area contributed by atoms with Gasteiger partial charge in [-0.15, -0.1) is 0 Å². The number of hydrogen-bond donors (Lipinski definition) is 3. The molecular formula is C21H27N5O. The molecule has 0 saturated carbocycles. The molecule has 3 atom stereocenters. The van der Waals surface area contributed by atoms with Crippen molar-refractivity contribution in [3.05, 3.63) is 59.3 Å². The zero-order chi connectivity index (χ0) is 18.8. The van der Waals surface area contributed by atoms with E-state index in [-0.39, 0.29) is 0 Å². The molecule has 0 radical (unpaired) electrons. The molecule has 2 aromatic rings. The molecule has 27 heavy (non-hydrogen) atoms. The second kappa shape index (κ2) is 7.66. The van der Waals surface area contributed by atoms with Gasteiger partial charge in [0.25, 0.3) is 0 Å². The van der Waals surface area contributed by atoms with Gasteiger partial charge in [0, 0.05) is 43.4 Å². The Balaban J connectivity index is 1.51. The molecule has 142 valence electrons. The molecule has 1 aromatic carbocycles. The number of aromatic nitrogens is 1. The molecule has 0 bridgehead atoms. The van der Waals surface area contributed by atoms with Crippen LogP contribution in [0.25, 0.3) is 0 Å². The van der Waals surface area contributed by atoms with Crippen LogP contribution >= 0.6 is 0 Å². The first-order valence-corrected chi connectivity index (χ1v) is 9.67. The van der Waals surface area contributed by atoms with Gasteiger partial charge < -0.3 is 10.6 Å². The van der Waals surface area contributed by atoms with E-state index >= 15 is 0 Å². The van der Waals surface area contributed by atoms with Crippen LogP contribution in [0.3, 0.4) is 0 Å². The minimum Gasteiger partial charge on any atom is -0.366 e. The van der Waals surface area contributed by atoms with E-state index in [1.54, 1.807) is 12.3 Å². The molecule has 2 aliphatic heterocycles. The van der Waals surface area contributed by atoms with Gasteiger partial charge in [-0.1, -0.05) is 29.8 Å². The Morgan fingerprint density at radius 2 is 2.07 bits per heavy atom. The van der Waals surface area contributed by atoms with Crippen LogP contribution in [0.1, 0.15) is 40.2 Å². The summed E-state index contributed by atoms with van der Waals surface area (Å²) >= 11 is 0. The van der Waals surface area contributed by atoms with Gasteiger partial charge >= 0.3 is 0 Å². The van der Waals surface area contributed by atoms with Crippen molar-refractivity contribution in [2.24, 2.45) is 11.7 Å². The zero-order valence-corrected chi connectivity index (χ0v) is 15.7. The summed E-state index contributed by atoms with van der Waals surface area (Å²) in [6, 6.07) is 12.7. The van der Waals surface area contributed by atoms with Crippen LogP contribution in [0.4, 0.5) is 5.82 Å². The van der Waals surface area contributed by atoms with Gasteiger partial charge in [-0.3, -0.25) is 15.6 Å². The molecule has 2 aliphatic rings. The lowest BCUT2D eigenvalue weighted by Crippen LogP contribution is -2.46. The Kier molecular flexibility index (Phi) is 5.09. The fourth-order valence-corrected chi connectivity index (χ4v) is 4.36. The van der Waals surface area contributed by atoms with E-state index in [4.69, 9.17) is 5.73 Å². The summed E-state index contributed by atoms with van der Waals surface area (Å²) in [4.78, 5) is 18.3. The monoisotopic (exact) mass is 365 g/mol. The summed E-state index contributed by atoms with van der Waals surface area (Å²) in [6.45, 7) is 4.95. The zero-order valence-electron chi connectivity index (χ0n) is 15.7. The van der Waals surface area contributed by atoms with Crippen molar-refractivity contribution in [2.75, 3.05) is 24.5 Å². The number of pyridine rings is 1. The van der Waals surface area contributed by atoms with Gasteiger partial charge in [0.1, 0.15) is 5.82 Å². The molecule has 4 rings (SSSR count). The van der Waals surface area contributed by atoms with Crippen molar-refractivity contribution in [3.63, 3.8) is 0 Å². The molecule has 2 saturated heterocycles. The van der Waals surface area contributed by atoms with Gasteiger partial charge in [-0.05, 0) is 43.4 Å². The van der Waals surface area contributed by atoms with Crippen molar-refractivity contribution in [1.29, 1.82) is 0 Å². The molecule has 4 N–H and O–H groups in total. The normalized spacial score (nSPS) is 25.5. The lowest BCUT2D eigenvalue weighted by Gasteiger charge is -2.38. The third-order valence-corrected chi connectivity index (χ3v) is 5.85. The predicted octanol–water partition coefficient (Wildman–Crippen LogP) is 1.97. The summed E-state index contributed by atoms with van der Waals surface area (Å²) in [6.07, 6.45) is 3.98. The van der Waals surface area contributed by atoms with Gasteiger partial charge in [0.15, 0.2) is 0 Å². The number of anilines is 1. The van der Waals surface area contributed by atoms with E-state index in [0.29, 0.717) is 23.4 Å². The van der Waals surface area contributed by atoms with Crippen LogP contribution in [0.15, 0.2) is 42.6 Å². The molecule has 1 amide bonds. The second-order valence-corrected chi connectivity index (χ2v) is 7.68. The first-order chi connectivity index (χ1) is 13.1. The lowest BCUT2D eigenvalue weighted by atomic mass is 9.81. The highest BCUT2D eigenvalue weighted by Crippen LogP contribution is 2.33. The highest BCUT2D eigenvalue weighted by atomic mass is 16.1. The van der Waals surface area contributed by atoms with Crippen molar-refractivity contribution >= 4 is 11.7 Å². The quantitative estimate of drug-likeness (QED) is 0.772. The summed E-state index contributed by atoms with van der Waals surface area (Å²) < 4.78 is 0. The average Bonchev–Trinajstić information content (AvgIpc) is 3.18. The standard InChI is InChI=1S/C21H27N5O/c1-14-4-6-15(7-5-14)18-12-24-25-20(18)17-3-2-10-26(13-17)19-11-16(21(22)27)8-9-23-19/h4-9,11,17-18,20,24-25H,2-3,10,12-13H2,1H3,(H2,22,27). The summed E-state index contributed by atoms with van der Waals surface area (Å²) in [5, 5.41) is 0.